The molecule has 0 saturated carbocycles. The third-order valence-corrected chi connectivity index (χ3v) is 5.53. The lowest BCUT2D eigenvalue weighted by molar-refractivity contribution is 0.0774. The number of amides is 1. The Balaban J connectivity index is 1.76. The zero-order valence-electron chi connectivity index (χ0n) is 13.9. The van der Waals surface area contributed by atoms with Crippen LogP contribution in [0.3, 0.4) is 0 Å². The summed E-state index contributed by atoms with van der Waals surface area (Å²) in [6.07, 6.45) is 1.49. The highest BCUT2D eigenvalue weighted by Gasteiger charge is 2.23. The molecule has 1 atom stereocenters. The number of carbonyl (C=O) groups is 1. The molecule has 0 unspecified atom stereocenters. The maximum atomic E-state index is 13.7. The van der Waals surface area contributed by atoms with Gasteiger partial charge in [0, 0.05) is 18.2 Å². The van der Waals surface area contributed by atoms with Crippen LogP contribution in [0.5, 0.6) is 0 Å². The van der Waals surface area contributed by atoms with Gasteiger partial charge >= 0.3 is 0 Å². The summed E-state index contributed by atoms with van der Waals surface area (Å²) in [6, 6.07) is 11.1. The SMILES string of the molecule is O=C(Nc1ccccc1F)c1cccc(S(=O)(=O)N[C@@H]2CCCOC2)c1. The van der Waals surface area contributed by atoms with E-state index in [9.17, 15) is 17.6 Å². The lowest BCUT2D eigenvalue weighted by atomic mass is 10.1. The highest BCUT2D eigenvalue weighted by Crippen LogP contribution is 2.17. The molecular weight excluding hydrogens is 359 g/mol. The van der Waals surface area contributed by atoms with Gasteiger partial charge in [-0.1, -0.05) is 18.2 Å². The normalized spacial score (nSPS) is 17.7. The largest absolute Gasteiger partial charge is 0.380 e. The van der Waals surface area contributed by atoms with Crippen molar-refractivity contribution in [3.8, 4) is 0 Å². The predicted molar refractivity (Wildman–Crippen MR) is 95.0 cm³/mol. The van der Waals surface area contributed by atoms with Gasteiger partial charge in [-0.3, -0.25) is 4.79 Å². The van der Waals surface area contributed by atoms with E-state index < -0.39 is 21.7 Å². The number of anilines is 1. The third kappa shape index (κ3) is 4.46. The Labute approximate surface area is 151 Å². The Bertz CT molecular complexity index is 896. The Hall–Kier alpha value is -2.29. The Morgan fingerprint density at radius 2 is 1.96 bits per heavy atom. The highest BCUT2D eigenvalue weighted by molar-refractivity contribution is 7.89. The predicted octanol–water partition coefficient (Wildman–Crippen LogP) is 2.54. The van der Waals surface area contributed by atoms with E-state index in [0.717, 1.165) is 6.42 Å². The molecule has 138 valence electrons. The fraction of sp³-hybridized carbons (Fsp3) is 0.278. The molecule has 1 saturated heterocycles. The van der Waals surface area contributed by atoms with Gasteiger partial charge in [0.15, 0.2) is 0 Å². The van der Waals surface area contributed by atoms with E-state index in [1.807, 2.05) is 0 Å². The zero-order valence-corrected chi connectivity index (χ0v) is 14.8. The van der Waals surface area contributed by atoms with Gasteiger partial charge in [0.05, 0.1) is 17.2 Å². The van der Waals surface area contributed by atoms with Crippen LogP contribution in [0.4, 0.5) is 10.1 Å². The number of halogens is 1. The summed E-state index contributed by atoms with van der Waals surface area (Å²) in [5.41, 5.74) is 0.152. The monoisotopic (exact) mass is 378 g/mol. The molecule has 0 aromatic heterocycles. The molecule has 1 aliphatic heterocycles. The first-order valence-electron chi connectivity index (χ1n) is 8.22. The number of sulfonamides is 1. The lowest BCUT2D eigenvalue weighted by Gasteiger charge is -2.23. The Kier molecular flexibility index (Phi) is 5.65. The van der Waals surface area contributed by atoms with E-state index >= 15 is 0 Å². The van der Waals surface area contributed by atoms with E-state index in [1.165, 1.54) is 42.5 Å². The highest BCUT2D eigenvalue weighted by atomic mass is 32.2. The van der Waals surface area contributed by atoms with Crippen molar-refractivity contribution < 1.29 is 22.3 Å². The molecule has 0 spiro atoms. The van der Waals surface area contributed by atoms with Crippen LogP contribution in [0.25, 0.3) is 0 Å². The molecule has 26 heavy (non-hydrogen) atoms. The van der Waals surface area contributed by atoms with Crippen LogP contribution in [-0.4, -0.2) is 33.6 Å². The van der Waals surface area contributed by atoms with Gasteiger partial charge < -0.3 is 10.1 Å². The fourth-order valence-electron chi connectivity index (χ4n) is 2.68. The number of carbonyl (C=O) groups excluding carboxylic acids is 1. The van der Waals surface area contributed by atoms with Gasteiger partial charge in [-0.2, -0.15) is 0 Å². The van der Waals surface area contributed by atoms with E-state index in [4.69, 9.17) is 4.74 Å². The van der Waals surface area contributed by atoms with Crippen LogP contribution in [0.2, 0.25) is 0 Å². The number of hydrogen-bond donors (Lipinski definition) is 2. The number of benzene rings is 2. The van der Waals surface area contributed by atoms with Crippen molar-refractivity contribution in [2.75, 3.05) is 18.5 Å². The summed E-state index contributed by atoms with van der Waals surface area (Å²) in [5, 5.41) is 2.44. The number of rotatable bonds is 5. The van der Waals surface area contributed by atoms with Crippen molar-refractivity contribution in [1.82, 2.24) is 4.72 Å². The van der Waals surface area contributed by atoms with Gasteiger partial charge in [-0.15, -0.1) is 0 Å². The van der Waals surface area contributed by atoms with Gasteiger partial charge in [0.2, 0.25) is 10.0 Å². The fourth-order valence-corrected chi connectivity index (χ4v) is 3.98. The zero-order chi connectivity index (χ0) is 18.6. The Morgan fingerprint density at radius 3 is 2.69 bits per heavy atom. The van der Waals surface area contributed by atoms with Crippen molar-refractivity contribution in [1.29, 1.82) is 0 Å². The van der Waals surface area contributed by atoms with E-state index in [2.05, 4.69) is 10.0 Å². The quantitative estimate of drug-likeness (QED) is 0.837. The molecule has 1 heterocycles. The minimum atomic E-state index is -3.78. The van der Waals surface area contributed by atoms with Crippen LogP contribution in [0, 0.1) is 5.82 Å². The van der Waals surface area contributed by atoms with Gasteiger partial charge in [-0.25, -0.2) is 17.5 Å². The van der Waals surface area contributed by atoms with Crippen molar-refractivity contribution in [3.05, 3.63) is 59.9 Å². The summed E-state index contributed by atoms with van der Waals surface area (Å²) in [4.78, 5) is 12.3. The van der Waals surface area contributed by atoms with Gasteiger partial charge in [-0.05, 0) is 43.2 Å². The first kappa shape index (κ1) is 18.5. The average Bonchev–Trinajstić information content (AvgIpc) is 2.64. The molecule has 0 bridgehead atoms. The molecule has 1 aliphatic rings. The molecule has 2 N–H and O–H groups in total. The Morgan fingerprint density at radius 1 is 1.15 bits per heavy atom. The summed E-state index contributed by atoms with van der Waals surface area (Å²) in [6.45, 7) is 0.955. The number of nitrogens with one attached hydrogen (secondary N) is 2. The van der Waals surface area contributed by atoms with Crippen LogP contribution >= 0.6 is 0 Å². The van der Waals surface area contributed by atoms with Crippen LogP contribution in [0.15, 0.2) is 53.4 Å². The summed E-state index contributed by atoms with van der Waals surface area (Å²) >= 11 is 0. The molecule has 3 rings (SSSR count). The maximum absolute atomic E-state index is 13.7. The molecule has 0 radical (unpaired) electrons. The summed E-state index contributed by atoms with van der Waals surface area (Å²) in [5.74, 6) is -1.16. The number of para-hydroxylation sites is 1. The summed E-state index contributed by atoms with van der Waals surface area (Å²) in [7, 11) is -3.78. The molecule has 2 aromatic carbocycles. The first-order valence-corrected chi connectivity index (χ1v) is 9.70. The smallest absolute Gasteiger partial charge is 0.255 e. The minimum Gasteiger partial charge on any atom is -0.380 e. The molecule has 6 nitrogen and oxygen atoms in total. The molecular formula is C18H19FN2O4S. The van der Waals surface area contributed by atoms with Crippen molar-refractivity contribution >= 4 is 21.6 Å². The lowest BCUT2D eigenvalue weighted by Crippen LogP contribution is -2.40. The van der Waals surface area contributed by atoms with Crippen LogP contribution < -0.4 is 10.0 Å². The van der Waals surface area contributed by atoms with Crippen LogP contribution in [-0.2, 0) is 14.8 Å². The molecule has 8 heteroatoms. The van der Waals surface area contributed by atoms with E-state index in [1.54, 1.807) is 6.07 Å². The third-order valence-electron chi connectivity index (χ3n) is 4.01. The van der Waals surface area contributed by atoms with E-state index in [0.29, 0.717) is 19.6 Å². The molecule has 0 aliphatic carbocycles. The molecule has 1 fully saturated rings. The van der Waals surface area contributed by atoms with Crippen molar-refractivity contribution in [2.45, 2.75) is 23.8 Å². The topological polar surface area (TPSA) is 84.5 Å². The number of ether oxygens (including phenoxy) is 1. The second kappa shape index (κ2) is 7.94. The second-order valence-electron chi connectivity index (χ2n) is 6.00. The van der Waals surface area contributed by atoms with Gasteiger partial charge in [0.25, 0.3) is 5.91 Å². The van der Waals surface area contributed by atoms with E-state index in [-0.39, 0.29) is 22.2 Å². The maximum Gasteiger partial charge on any atom is 0.255 e. The first-order chi connectivity index (χ1) is 12.5. The molecule has 1 amide bonds. The second-order valence-corrected chi connectivity index (χ2v) is 7.71. The van der Waals surface area contributed by atoms with Crippen LogP contribution in [0.1, 0.15) is 23.2 Å². The van der Waals surface area contributed by atoms with Crippen molar-refractivity contribution in [3.63, 3.8) is 0 Å². The summed E-state index contributed by atoms with van der Waals surface area (Å²) < 4.78 is 46.6. The van der Waals surface area contributed by atoms with Crippen molar-refractivity contribution in [2.24, 2.45) is 0 Å². The van der Waals surface area contributed by atoms with Gasteiger partial charge in [0.1, 0.15) is 5.82 Å². The average molecular weight is 378 g/mol. The standard InChI is InChI=1S/C18H19FN2O4S/c19-16-8-1-2-9-17(16)20-18(22)13-5-3-7-15(11-13)26(23,24)21-14-6-4-10-25-12-14/h1-3,5,7-9,11,14,21H,4,6,10,12H2,(H,20,22)/t14-/m1/s1. The minimum absolute atomic E-state index is 0.0238. The number of hydrogen-bond acceptors (Lipinski definition) is 4. The molecule has 2 aromatic rings.